The Labute approximate surface area is 287 Å². The van der Waals surface area contributed by atoms with Crippen molar-refractivity contribution in [3.63, 3.8) is 0 Å². The van der Waals surface area contributed by atoms with Gasteiger partial charge in [-0.25, -0.2) is 0 Å². The van der Waals surface area contributed by atoms with E-state index in [2.05, 4.69) is 205 Å². The minimum Gasteiger partial charge on any atom is -0.311 e. The zero-order valence-electron chi connectivity index (χ0n) is 27.0. The lowest BCUT2D eigenvalue weighted by molar-refractivity contribution is 1.28. The lowest BCUT2D eigenvalue weighted by Gasteiger charge is -2.25. The lowest BCUT2D eigenvalue weighted by Crippen LogP contribution is -2.09. The number of fused-ring (bicyclic) bond motifs is 3. The van der Waals surface area contributed by atoms with Crippen LogP contribution >= 0.6 is 0 Å². The first-order valence-corrected chi connectivity index (χ1v) is 16.9. The summed E-state index contributed by atoms with van der Waals surface area (Å²) in [5.74, 6) is 0. The Morgan fingerprint density at radius 3 is 1.24 bits per heavy atom. The lowest BCUT2D eigenvalue weighted by atomic mass is 9.85. The van der Waals surface area contributed by atoms with E-state index >= 15 is 0 Å². The van der Waals surface area contributed by atoms with Gasteiger partial charge in [0.2, 0.25) is 0 Å². The van der Waals surface area contributed by atoms with E-state index in [1.165, 1.54) is 65.7 Å². The minimum absolute atomic E-state index is 1.12. The van der Waals surface area contributed by atoms with Crippen molar-refractivity contribution in [1.29, 1.82) is 0 Å². The molecule has 9 aromatic carbocycles. The molecule has 0 amide bonds. The number of para-hydroxylation sites is 2. The molecule has 0 spiro atoms. The molecule has 0 saturated heterocycles. The highest BCUT2D eigenvalue weighted by Gasteiger charge is 2.17. The zero-order valence-corrected chi connectivity index (χ0v) is 27.0. The van der Waals surface area contributed by atoms with Gasteiger partial charge in [-0.1, -0.05) is 152 Å². The van der Waals surface area contributed by atoms with E-state index in [9.17, 15) is 0 Å². The van der Waals surface area contributed by atoms with E-state index in [0.29, 0.717) is 0 Å². The monoisotopic (exact) mass is 623 g/mol. The molecule has 230 valence electrons. The van der Waals surface area contributed by atoms with Crippen LogP contribution < -0.4 is 4.90 Å². The number of hydrogen-bond acceptors (Lipinski definition) is 1. The topological polar surface area (TPSA) is 3.24 Å². The predicted molar refractivity (Wildman–Crippen MR) is 210 cm³/mol. The van der Waals surface area contributed by atoms with Gasteiger partial charge in [0.15, 0.2) is 0 Å². The molecule has 49 heavy (non-hydrogen) atoms. The molecule has 1 nitrogen and oxygen atoms in total. The Hall–Kier alpha value is -6.44. The summed E-state index contributed by atoms with van der Waals surface area (Å²) in [6.07, 6.45) is 0. The largest absolute Gasteiger partial charge is 0.311 e. The molecular formula is C48H33N. The zero-order chi connectivity index (χ0) is 32.6. The summed E-state index contributed by atoms with van der Waals surface area (Å²) in [6.45, 7) is 0. The third-order valence-electron chi connectivity index (χ3n) is 9.61. The number of nitrogens with zero attached hydrogens (tertiary/aromatic N) is 1. The van der Waals surface area contributed by atoms with Crippen molar-refractivity contribution in [2.24, 2.45) is 0 Å². The standard InChI is InChI=1S/C48H33N/c1-3-18-40(19-4-1)49(41-20-5-2-6-21-41)42-30-28-35(29-31-42)37-16-13-17-38(32-37)47-43-22-9-11-24-45(43)48(46-25-12-10-23-44(46)47)39-27-26-34-14-7-8-15-36(34)33-39/h1-33H. The smallest absolute Gasteiger partial charge is 0.0462 e. The van der Waals surface area contributed by atoms with Crippen LogP contribution in [-0.4, -0.2) is 0 Å². The van der Waals surface area contributed by atoms with Crippen molar-refractivity contribution in [3.8, 4) is 33.4 Å². The Kier molecular flexibility index (Phi) is 7.22. The average Bonchev–Trinajstić information content (AvgIpc) is 3.18. The molecule has 0 saturated carbocycles. The molecular weight excluding hydrogens is 591 g/mol. The molecule has 0 unspecified atom stereocenters. The SMILES string of the molecule is c1ccc(N(c2ccccc2)c2ccc(-c3cccc(-c4c5ccccc5c(-c5ccc6ccccc6c5)c5ccccc45)c3)cc2)cc1. The Morgan fingerprint density at radius 2 is 0.673 bits per heavy atom. The molecule has 0 aliphatic rings. The van der Waals surface area contributed by atoms with E-state index < -0.39 is 0 Å². The van der Waals surface area contributed by atoms with E-state index in [0.717, 1.165) is 17.1 Å². The fourth-order valence-corrected chi connectivity index (χ4v) is 7.35. The van der Waals surface area contributed by atoms with Crippen molar-refractivity contribution >= 4 is 49.4 Å². The predicted octanol–water partition coefficient (Wildman–Crippen LogP) is 13.6. The number of benzene rings is 9. The molecule has 1 heteroatoms. The van der Waals surface area contributed by atoms with Gasteiger partial charge in [-0.3, -0.25) is 0 Å². The second-order valence-electron chi connectivity index (χ2n) is 12.5. The third-order valence-corrected chi connectivity index (χ3v) is 9.61. The Balaban J connectivity index is 1.17. The van der Waals surface area contributed by atoms with Gasteiger partial charge >= 0.3 is 0 Å². The summed E-state index contributed by atoms with van der Waals surface area (Å²) >= 11 is 0. The van der Waals surface area contributed by atoms with Gasteiger partial charge < -0.3 is 4.90 Å². The van der Waals surface area contributed by atoms with Crippen LogP contribution in [0.2, 0.25) is 0 Å². The maximum atomic E-state index is 2.35. The van der Waals surface area contributed by atoms with Gasteiger partial charge in [-0.2, -0.15) is 0 Å². The third kappa shape index (κ3) is 5.23. The average molecular weight is 624 g/mol. The maximum absolute atomic E-state index is 2.35. The normalized spacial score (nSPS) is 11.3. The summed E-state index contributed by atoms with van der Waals surface area (Å²) in [5.41, 5.74) is 10.8. The summed E-state index contributed by atoms with van der Waals surface area (Å²) < 4.78 is 0. The summed E-state index contributed by atoms with van der Waals surface area (Å²) in [6, 6.07) is 72.3. The maximum Gasteiger partial charge on any atom is 0.0462 e. The molecule has 0 N–H and O–H groups in total. The van der Waals surface area contributed by atoms with Crippen molar-refractivity contribution < 1.29 is 0 Å². The molecule has 0 bridgehead atoms. The van der Waals surface area contributed by atoms with Gasteiger partial charge in [0.1, 0.15) is 0 Å². The fourth-order valence-electron chi connectivity index (χ4n) is 7.35. The van der Waals surface area contributed by atoms with Crippen molar-refractivity contribution in [2.75, 3.05) is 4.90 Å². The van der Waals surface area contributed by atoms with Crippen molar-refractivity contribution in [1.82, 2.24) is 0 Å². The number of rotatable bonds is 6. The highest BCUT2D eigenvalue weighted by Crippen LogP contribution is 2.45. The first-order chi connectivity index (χ1) is 24.3. The van der Waals surface area contributed by atoms with E-state index in [-0.39, 0.29) is 0 Å². The van der Waals surface area contributed by atoms with Crippen LogP contribution in [0.3, 0.4) is 0 Å². The molecule has 0 atom stereocenters. The minimum atomic E-state index is 1.12. The summed E-state index contributed by atoms with van der Waals surface area (Å²) in [4.78, 5) is 2.30. The highest BCUT2D eigenvalue weighted by atomic mass is 15.1. The van der Waals surface area contributed by atoms with Gasteiger partial charge in [0.25, 0.3) is 0 Å². The van der Waals surface area contributed by atoms with Crippen LogP contribution in [0.1, 0.15) is 0 Å². The second kappa shape index (κ2) is 12.3. The molecule has 9 aromatic rings. The van der Waals surface area contributed by atoms with Gasteiger partial charge in [0.05, 0.1) is 0 Å². The second-order valence-corrected chi connectivity index (χ2v) is 12.5. The fraction of sp³-hybridized carbons (Fsp3) is 0. The molecule has 0 aliphatic heterocycles. The van der Waals surface area contributed by atoms with E-state index in [1.54, 1.807) is 0 Å². The molecule has 0 aliphatic carbocycles. The van der Waals surface area contributed by atoms with Crippen LogP contribution in [0, 0.1) is 0 Å². The molecule has 0 fully saturated rings. The molecule has 9 rings (SSSR count). The number of anilines is 3. The van der Waals surface area contributed by atoms with Gasteiger partial charge in [-0.05, 0) is 114 Å². The van der Waals surface area contributed by atoms with Crippen LogP contribution in [0.25, 0.3) is 65.7 Å². The van der Waals surface area contributed by atoms with Crippen molar-refractivity contribution in [3.05, 3.63) is 200 Å². The molecule has 0 aromatic heterocycles. The van der Waals surface area contributed by atoms with Crippen molar-refractivity contribution in [2.45, 2.75) is 0 Å². The van der Waals surface area contributed by atoms with Gasteiger partial charge in [-0.15, -0.1) is 0 Å². The van der Waals surface area contributed by atoms with Crippen LogP contribution in [0.5, 0.6) is 0 Å². The number of hydrogen-bond donors (Lipinski definition) is 0. The van der Waals surface area contributed by atoms with Gasteiger partial charge in [0, 0.05) is 17.1 Å². The van der Waals surface area contributed by atoms with Crippen LogP contribution in [-0.2, 0) is 0 Å². The first kappa shape index (κ1) is 28.8. The Morgan fingerprint density at radius 1 is 0.245 bits per heavy atom. The quantitative estimate of drug-likeness (QED) is 0.167. The first-order valence-electron chi connectivity index (χ1n) is 16.9. The Bertz CT molecular complexity index is 2490. The van der Waals surface area contributed by atoms with Crippen LogP contribution in [0.4, 0.5) is 17.1 Å². The summed E-state index contributed by atoms with van der Waals surface area (Å²) in [7, 11) is 0. The summed E-state index contributed by atoms with van der Waals surface area (Å²) in [5, 5.41) is 7.57. The molecule has 0 radical (unpaired) electrons. The van der Waals surface area contributed by atoms with E-state index in [4.69, 9.17) is 0 Å². The molecule has 0 heterocycles. The van der Waals surface area contributed by atoms with E-state index in [1.807, 2.05) is 0 Å². The van der Waals surface area contributed by atoms with Crippen LogP contribution in [0.15, 0.2) is 200 Å². The highest BCUT2D eigenvalue weighted by molar-refractivity contribution is 6.21.